The zero-order chi connectivity index (χ0) is 19.8. The summed E-state index contributed by atoms with van der Waals surface area (Å²) in [6, 6.07) is 22.8. The molecule has 0 atom stereocenters. The summed E-state index contributed by atoms with van der Waals surface area (Å²) >= 11 is 0. The van der Waals surface area contributed by atoms with Crippen molar-refractivity contribution in [1.82, 2.24) is 0 Å². The molecular formula is C20H14O6S2. The topological polar surface area (TPSA) is 86.7 Å². The molecule has 0 bridgehead atoms. The lowest BCUT2D eigenvalue weighted by atomic mass is 10.1. The molecule has 0 aliphatic rings. The van der Waals surface area contributed by atoms with Crippen LogP contribution in [0.25, 0.3) is 21.5 Å². The third-order valence-electron chi connectivity index (χ3n) is 4.24. The quantitative estimate of drug-likeness (QED) is 0.362. The van der Waals surface area contributed by atoms with Crippen molar-refractivity contribution < 1.29 is 25.5 Å². The Morgan fingerprint density at radius 2 is 1.14 bits per heavy atom. The molecule has 28 heavy (non-hydrogen) atoms. The van der Waals surface area contributed by atoms with Crippen LogP contribution in [-0.4, -0.2) is 16.8 Å². The number of hydrogen-bond donors (Lipinski definition) is 0. The number of hydrogen-bond acceptors (Lipinski definition) is 6. The largest absolute Gasteiger partial charge is 0.324 e. The Hall–Kier alpha value is -2.78. The van der Waals surface area contributed by atoms with Crippen LogP contribution in [0.3, 0.4) is 0 Å². The summed E-state index contributed by atoms with van der Waals surface area (Å²) in [7, 11) is -8.92. The van der Waals surface area contributed by atoms with Gasteiger partial charge in [0.2, 0.25) is 0 Å². The minimum atomic E-state index is -4.47. The number of fused-ring (bicyclic) bond motifs is 2. The normalized spacial score (nSPS) is 12.4. The van der Waals surface area contributed by atoms with E-state index >= 15 is 0 Å². The van der Waals surface area contributed by atoms with Crippen LogP contribution < -0.4 is 0 Å². The lowest BCUT2D eigenvalue weighted by Gasteiger charge is -2.08. The molecule has 0 amide bonds. The van der Waals surface area contributed by atoms with Gasteiger partial charge in [0.15, 0.2) is 0 Å². The van der Waals surface area contributed by atoms with Crippen LogP contribution in [0.2, 0.25) is 0 Å². The van der Waals surface area contributed by atoms with E-state index in [9.17, 15) is 16.8 Å². The first kappa shape index (κ1) is 18.6. The highest BCUT2D eigenvalue weighted by atomic mass is 32.2. The minimum Gasteiger partial charge on any atom is -0.192 e. The van der Waals surface area contributed by atoms with Gasteiger partial charge in [-0.2, -0.15) is 16.8 Å². The maximum absolute atomic E-state index is 12.5. The molecule has 4 aromatic carbocycles. The van der Waals surface area contributed by atoms with Crippen LogP contribution in [0.15, 0.2) is 94.7 Å². The van der Waals surface area contributed by atoms with Gasteiger partial charge in [0.05, 0.1) is 4.90 Å². The lowest BCUT2D eigenvalue weighted by molar-refractivity contribution is -0.0850. The summed E-state index contributed by atoms with van der Waals surface area (Å²) in [5.74, 6) is 0. The summed E-state index contributed by atoms with van der Waals surface area (Å²) in [6.07, 6.45) is 0. The van der Waals surface area contributed by atoms with Crippen LogP contribution in [-0.2, 0) is 28.9 Å². The van der Waals surface area contributed by atoms with Crippen LogP contribution >= 0.6 is 0 Å². The monoisotopic (exact) mass is 414 g/mol. The van der Waals surface area contributed by atoms with Crippen LogP contribution in [0.5, 0.6) is 0 Å². The number of benzene rings is 4. The van der Waals surface area contributed by atoms with Crippen LogP contribution in [0.1, 0.15) is 0 Å². The Bertz CT molecular complexity index is 1390. The predicted octanol–water partition coefficient (Wildman–Crippen LogP) is 4.02. The van der Waals surface area contributed by atoms with Crippen molar-refractivity contribution >= 4 is 41.8 Å². The standard InChI is InChI=1S/C20H14O6S2/c21-27(22,18-13-12-15-6-1-2-8-17(15)14-18)25-26-28(23,24)20-11-5-9-16-7-3-4-10-19(16)20/h1-14H. The third-order valence-corrected chi connectivity index (χ3v) is 6.54. The molecule has 0 aliphatic carbocycles. The van der Waals surface area contributed by atoms with E-state index < -0.39 is 20.2 Å². The zero-order valence-corrected chi connectivity index (χ0v) is 16.0. The Kier molecular flexibility index (Phi) is 4.64. The summed E-state index contributed by atoms with van der Waals surface area (Å²) in [6.45, 7) is 0. The molecule has 4 aromatic rings. The summed E-state index contributed by atoms with van der Waals surface area (Å²) in [4.78, 5) is -0.390. The highest BCUT2D eigenvalue weighted by molar-refractivity contribution is 7.89. The van der Waals surface area contributed by atoms with Crippen molar-refractivity contribution in [1.29, 1.82) is 0 Å². The fourth-order valence-corrected chi connectivity index (χ4v) is 4.83. The van der Waals surface area contributed by atoms with Gasteiger partial charge in [0.25, 0.3) is 0 Å². The molecule has 0 radical (unpaired) electrons. The molecular weight excluding hydrogens is 400 g/mol. The van der Waals surface area contributed by atoms with Crippen LogP contribution in [0.4, 0.5) is 0 Å². The first-order valence-corrected chi connectivity index (χ1v) is 11.0. The predicted molar refractivity (Wildman–Crippen MR) is 104 cm³/mol. The highest BCUT2D eigenvalue weighted by Gasteiger charge is 2.25. The van der Waals surface area contributed by atoms with Crippen molar-refractivity contribution in [2.24, 2.45) is 0 Å². The minimum absolute atomic E-state index is 0.181. The zero-order valence-electron chi connectivity index (χ0n) is 14.3. The van der Waals surface area contributed by atoms with E-state index in [1.165, 1.54) is 24.3 Å². The fraction of sp³-hybridized carbons (Fsp3) is 0. The molecule has 6 nitrogen and oxygen atoms in total. The van der Waals surface area contributed by atoms with Gasteiger partial charge in [-0.15, -0.1) is 0 Å². The van der Waals surface area contributed by atoms with Gasteiger partial charge < -0.3 is 0 Å². The van der Waals surface area contributed by atoms with Gasteiger partial charge in [-0.25, -0.2) is 0 Å². The second-order valence-corrected chi connectivity index (χ2v) is 9.03. The summed E-state index contributed by atoms with van der Waals surface area (Å²) in [5.41, 5.74) is 0. The Morgan fingerprint density at radius 3 is 1.93 bits per heavy atom. The fourth-order valence-electron chi connectivity index (χ4n) is 2.89. The van der Waals surface area contributed by atoms with E-state index in [1.807, 2.05) is 12.1 Å². The average Bonchev–Trinajstić information content (AvgIpc) is 2.71. The Labute approximate surface area is 162 Å². The number of rotatable bonds is 5. The average molecular weight is 414 g/mol. The SMILES string of the molecule is O=S(=O)(OOS(=O)(=O)c1cccc2ccccc12)c1ccc2ccccc2c1. The lowest BCUT2D eigenvalue weighted by Crippen LogP contribution is -2.13. The van der Waals surface area contributed by atoms with Crippen molar-refractivity contribution in [2.75, 3.05) is 0 Å². The van der Waals surface area contributed by atoms with E-state index in [1.54, 1.807) is 48.5 Å². The van der Waals surface area contributed by atoms with Gasteiger partial charge in [-0.05, 0) is 34.4 Å². The van der Waals surface area contributed by atoms with E-state index in [0.29, 0.717) is 16.2 Å². The van der Waals surface area contributed by atoms with Gasteiger partial charge in [-0.1, -0.05) is 75.4 Å². The molecule has 0 N–H and O–H groups in total. The Balaban J connectivity index is 1.64. The van der Waals surface area contributed by atoms with Gasteiger partial charge >= 0.3 is 20.2 Å². The molecule has 0 fully saturated rings. The molecule has 8 heteroatoms. The molecule has 4 rings (SSSR count). The molecule has 0 saturated carbocycles. The smallest absolute Gasteiger partial charge is 0.192 e. The maximum Gasteiger partial charge on any atom is 0.324 e. The van der Waals surface area contributed by atoms with E-state index in [4.69, 9.17) is 0 Å². The first-order chi connectivity index (χ1) is 13.4. The molecule has 0 aliphatic heterocycles. The molecule has 0 unspecified atom stereocenters. The third kappa shape index (κ3) is 3.50. The van der Waals surface area contributed by atoms with Crippen molar-refractivity contribution in [3.8, 4) is 0 Å². The molecule has 142 valence electrons. The second kappa shape index (κ2) is 6.99. The van der Waals surface area contributed by atoms with Gasteiger partial charge in [-0.3, -0.25) is 0 Å². The van der Waals surface area contributed by atoms with Crippen molar-refractivity contribution in [3.63, 3.8) is 0 Å². The van der Waals surface area contributed by atoms with Crippen LogP contribution in [0, 0.1) is 0 Å². The molecule has 0 aromatic heterocycles. The van der Waals surface area contributed by atoms with Gasteiger partial charge in [0, 0.05) is 5.39 Å². The van der Waals surface area contributed by atoms with E-state index in [2.05, 4.69) is 8.67 Å². The first-order valence-electron chi connectivity index (χ1n) is 8.21. The molecule has 0 saturated heterocycles. The van der Waals surface area contributed by atoms with Gasteiger partial charge in [0.1, 0.15) is 4.90 Å². The van der Waals surface area contributed by atoms with E-state index in [-0.39, 0.29) is 9.79 Å². The molecule has 0 heterocycles. The van der Waals surface area contributed by atoms with Crippen molar-refractivity contribution in [3.05, 3.63) is 84.9 Å². The second-order valence-electron chi connectivity index (χ2n) is 6.03. The molecule has 0 spiro atoms. The van der Waals surface area contributed by atoms with E-state index in [0.717, 1.165) is 5.39 Å². The van der Waals surface area contributed by atoms with Crippen molar-refractivity contribution in [2.45, 2.75) is 9.79 Å². The summed E-state index contributed by atoms with van der Waals surface area (Å²) in [5, 5.41) is 2.58. The Morgan fingerprint density at radius 1 is 0.536 bits per heavy atom. The summed E-state index contributed by atoms with van der Waals surface area (Å²) < 4.78 is 58.7. The maximum atomic E-state index is 12.5. The highest BCUT2D eigenvalue weighted by Crippen LogP contribution is 2.26.